The summed E-state index contributed by atoms with van der Waals surface area (Å²) < 4.78 is 7.53. The van der Waals surface area contributed by atoms with Gasteiger partial charge in [0.25, 0.3) is 0 Å². The highest BCUT2D eigenvalue weighted by Gasteiger charge is 2.11. The number of fused-ring (bicyclic) bond motifs is 1. The molecule has 0 radical (unpaired) electrons. The SMILES string of the molecule is Cc1ccccc1OCc1nc(C=O)c2ncccn12. The Balaban J connectivity index is 1.92. The molecule has 0 aliphatic heterocycles. The molecule has 1 aromatic carbocycles. The Bertz CT molecular complexity index is 765. The topological polar surface area (TPSA) is 56.5 Å². The van der Waals surface area contributed by atoms with Gasteiger partial charge in [-0.05, 0) is 24.6 Å². The van der Waals surface area contributed by atoms with Crippen LogP contribution in [0.5, 0.6) is 5.75 Å². The van der Waals surface area contributed by atoms with E-state index in [1.807, 2.05) is 37.4 Å². The lowest BCUT2D eigenvalue weighted by atomic mass is 10.2. The summed E-state index contributed by atoms with van der Waals surface area (Å²) in [6, 6.07) is 9.56. The lowest BCUT2D eigenvalue weighted by Crippen LogP contribution is -2.02. The van der Waals surface area contributed by atoms with Crippen LogP contribution in [0, 0.1) is 6.92 Å². The number of carbonyl (C=O) groups is 1. The van der Waals surface area contributed by atoms with Gasteiger partial charge in [0, 0.05) is 12.4 Å². The number of para-hydroxylation sites is 1. The first-order valence-electron chi connectivity index (χ1n) is 6.25. The monoisotopic (exact) mass is 267 g/mol. The normalized spacial score (nSPS) is 10.7. The van der Waals surface area contributed by atoms with E-state index in [1.165, 1.54) is 0 Å². The minimum absolute atomic E-state index is 0.283. The zero-order valence-electron chi connectivity index (χ0n) is 11.0. The van der Waals surface area contributed by atoms with E-state index in [0.29, 0.717) is 23.5 Å². The van der Waals surface area contributed by atoms with Crippen LogP contribution in [0.1, 0.15) is 21.9 Å². The predicted molar refractivity (Wildman–Crippen MR) is 73.9 cm³/mol. The second kappa shape index (κ2) is 5.13. The van der Waals surface area contributed by atoms with E-state index in [2.05, 4.69) is 9.97 Å². The zero-order valence-corrected chi connectivity index (χ0v) is 11.0. The Kier molecular flexibility index (Phi) is 3.16. The van der Waals surface area contributed by atoms with Gasteiger partial charge in [0.2, 0.25) is 0 Å². The molecule has 0 atom stereocenters. The van der Waals surface area contributed by atoms with Crippen LogP contribution in [0.4, 0.5) is 0 Å². The molecule has 100 valence electrons. The average Bonchev–Trinajstić information content (AvgIpc) is 2.85. The fourth-order valence-electron chi connectivity index (χ4n) is 2.05. The van der Waals surface area contributed by atoms with Gasteiger partial charge in [-0.1, -0.05) is 18.2 Å². The summed E-state index contributed by atoms with van der Waals surface area (Å²) in [7, 11) is 0. The third-order valence-electron chi connectivity index (χ3n) is 3.06. The van der Waals surface area contributed by atoms with Crippen molar-refractivity contribution in [1.29, 1.82) is 0 Å². The van der Waals surface area contributed by atoms with E-state index in [-0.39, 0.29) is 6.61 Å². The number of aldehydes is 1. The Labute approximate surface area is 115 Å². The third kappa shape index (κ3) is 2.14. The Morgan fingerprint density at radius 2 is 2.15 bits per heavy atom. The van der Waals surface area contributed by atoms with Gasteiger partial charge in [-0.25, -0.2) is 9.97 Å². The summed E-state index contributed by atoms with van der Waals surface area (Å²) in [5, 5.41) is 0. The van der Waals surface area contributed by atoms with Crippen LogP contribution in [0.25, 0.3) is 5.65 Å². The third-order valence-corrected chi connectivity index (χ3v) is 3.06. The van der Waals surface area contributed by atoms with Gasteiger partial charge in [0.1, 0.15) is 18.1 Å². The predicted octanol–water partition coefficient (Wildman–Crippen LogP) is 2.43. The van der Waals surface area contributed by atoms with Gasteiger partial charge in [0.15, 0.2) is 17.8 Å². The number of carbonyl (C=O) groups excluding carboxylic acids is 1. The van der Waals surface area contributed by atoms with Crippen molar-refractivity contribution in [2.24, 2.45) is 0 Å². The number of hydrogen-bond acceptors (Lipinski definition) is 4. The zero-order chi connectivity index (χ0) is 13.9. The lowest BCUT2D eigenvalue weighted by Gasteiger charge is -2.07. The summed E-state index contributed by atoms with van der Waals surface area (Å²) >= 11 is 0. The van der Waals surface area contributed by atoms with Gasteiger partial charge < -0.3 is 4.74 Å². The molecule has 20 heavy (non-hydrogen) atoms. The van der Waals surface area contributed by atoms with Gasteiger partial charge in [0.05, 0.1) is 0 Å². The van der Waals surface area contributed by atoms with Crippen LogP contribution in [-0.2, 0) is 6.61 Å². The number of hydrogen-bond donors (Lipinski definition) is 0. The molecular weight excluding hydrogens is 254 g/mol. The highest BCUT2D eigenvalue weighted by Crippen LogP contribution is 2.18. The molecule has 0 spiro atoms. The first kappa shape index (κ1) is 12.3. The molecule has 3 rings (SSSR count). The van der Waals surface area contributed by atoms with Crippen molar-refractivity contribution in [3.63, 3.8) is 0 Å². The summed E-state index contributed by atoms with van der Waals surface area (Å²) in [6.07, 6.45) is 4.16. The van der Waals surface area contributed by atoms with E-state index in [9.17, 15) is 4.79 Å². The quantitative estimate of drug-likeness (QED) is 0.681. The number of aryl methyl sites for hydroxylation is 1. The fourth-order valence-corrected chi connectivity index (χ4v) is 2.05. The van der Waals surface area contributed by atoms with E-state index < -0.39 is 0 Å². The first-order chi connectivity index (χ1) is 9.79. The van der Waals surface area contributed by atoms with Crippen molar-refractivity contribution in [3.8, 4) is 5.75 Å². The van der Waals surface area contributed by atoms with Crippen molar-refractivity contribution < 1.29 is 9.53 Å². The standard InChI is InChI=1S/C15H13N3O2/c1-11-5-2-3-6-13(11)20-10-14-17-12(9-19)15-16-7-4-8-18(14)15/h2-9H,10H2,1H3. The van der Waals surface area contributed by atoms with Gasteiger partial charge in [-0.15, -0.1) is 0 Å². The molecule has 2 heterocycles. The Morgan fingerprint density at radius 1 is 1.30 bits per heavy atom. The number of nitrogens with zero attached hydrogens (tertiary/aromatic N) is 3. The van der Waals surface area contributed by atoms with E-state index in [1.54, 1.807) is 16.7 Å². The van der Waals surface area contributed by atoms with Gasteiger partial charge in [-0.2, -0.15) is 0 Å². The van der Waals surface area contributed by atoms with Crippen LogP contribution < -0.4 is 4.74 Å². The maximum atomic E-state index is 11.0. The number of imidazole rings is 1. The van der Waals surface area contributed by atoms with Crippen molar-refractivity contribution in [1.82, 2.24) is 14.4 Å². The largest absolute Gasteiger partial charge is 0.485 e. The summed E-state index contributed by atoms with van der Waals surface area (Å²) in [6.45, 7) is 2.27. The van der Waals surface area contributed by atoms with E-state index in [4.69, 9.17) is 4.74 Å². The molecule has 0 aliphatic carbocycles. The van der Waals surface area contributed by atoms with Crippen LogP contribution in [-0.4, -0.2) is 20.7 Å². The highest BCUT2D eigenvalue weighted by molar-refractivity contribution is 5.81. The molecule has 0 saturated carbocycles. The Morgan fingerprint density at radius 3 is 2.95 bits per heavy atom. The summed E-state index contributed by atoms with van der Waals surface area (Å²) in [5.74, 6) is 1.46. The maximum absolute atomic E-state index is 11.0. The van der Waals surface area contributed by atoms with Crippen LogP contribution in [0.3, 0.4) is 0 Å². The van der Waals surface area contributed by atoms with Gasteiger partial charge in [-0.3, -0.25) is 9.20 Å². The van der Waals surface area contributed by atoms with Crippen LogP contribution in [0.15, 0.2) is 42.7 Å². The summed E-state index contributed by atoms with van der Waals surface area (Å²) in [5.41, 5.74) is 1.93. The molecule has 3 aromatic rings. The molecule has 0 saturated heterocycles. The van der Waals surface area contributed by atoms with Crippen molar-refractivity contribution in [2.75, 3.05) is 0 Å². The minimum atomic E-state index is 0.283. The first-order valence-corrected chi connectivity index (χ1v) is 6.25. The molecule has 0 amide bonds. The van der Waals surface area contributed by atoms with E-state index >= 15 is 0 Å². The average molecular weight is 267 g/mol. The molecule has 5 nitrogen and oxygen atoms in total. The number of benzene rings is 1. The van der Waals surface area contributed by atoms with Crippen molar-refractivity contribution >= 4 is 11.9 Å². The minimum Gasteiger partial charge on any atom is -0.485 e. The molecule has 0 aliphatic rings. The molecular formula is C15H13N3O2. The maximum Gasteiger partial charge on any atom is 0.172 e. The van der Waals surface area contributed by atoms with E-state index in [0.717, 1.165) is 11.3 Å². The molecule has 0 unspecified atom stereocenters. The molecule has 0 N–H and O–H groups in total. The number of ether oxygens (including phenoxy) is 1. The Hall–Kier alpha value is -2.69. The van der Waals surface area contributed by atoms with Gasteiger partial charge >= 0.3 is 0 Å². The smallest absolute Gasteiger partial charge is 0.172 e. The molecule has 0 fully saturated rings. The molecule has 5 heteroatoms. The van der Waals surface area contributed by atoms with Crippen molar-refractivity contribution in [2.45, 2.75) is 13.5 Å². The van der Waals surface area contributed by atoms with Crippen LogP contribution >= 0.6 is 0 Å². The highest BCUT2D eigenvalue weighted by atomic mass is 16.5. The fraction of sp³-hybridized carbons (Fsp3) is 0.133. The second-order valence-corrected chi connectivity index (χ2v) is 4.40. The number of aromatic nitrogens is 3. The molecule has 0 bridgehead atoms. The lowest BCUT2D eigenvalue weighted by molar-refractivity contribution is 0.112. The number of rotatable bonds is 4. The summed E-state index contributed by atoms with van der Waals surface area (Å²) in [4.78, 5) is 19.4. The van der Waals surface area contributed by atoms with Crippen molar-refractivity contribution in [3.05, 3.63) is 59.8 Å². The second-order valence-electron chi connectivity index (χ2n) is 4.40. The molecule has 2 aromatic heterocycles. The van der Waals surface area contributed by atoms with Crippen LogP contribution in [0.2, 0.25) is 0 Å².